The third-order valence-corrected chi connectivity index (χ3v) is 2.92. The molecule has 112 valence electrons. The minimum Gasteiger partial charge on any atom is -0.494 e. The predicted octanol–water partition coefficient (Wildman–Crippen LogP) is 2.67. The highest BCUT2D eigenvalue weighted by molar-refractivity contribution is 5.95. The van der Waals surface area contributed by atoms with E-state index in [4.69, 9.17) is 15.2 Å². The van der Waals surface area contributed by atoms with Crippen LogP contribution in [-0.4, -0.2) is 25.7 Å². The summed E-state index contributed by atoms with van der Waals surface area (Å²) in [7, 11) is 1.53. The smallest absolute Gasteiger partial charge is 0.253 e. The van der Waals surface area contributed by atoms with E-state index in [9.17, 15) is 4.79 Å². The molecule has 0 bridgehead atoms. The van der Waals surface area contributed by atoms with E-state index in [0.717, 1.165) is 6.42 Å². The normalized spacial score (nSPS) is 12.2. The largest absolute Gasteiger partial charge is 0.494 e. The fourth-order valence-electron chi connectivity index (χ4n) is 1.60. The Morgan fingerprint density at radius 1 is 1.35 bits per heavy atom. The molecule has 5 nitrogen and oxygen atoms in total. The fourth-order valence-corrected chi connectivity index (χ4v) is 1.60. The molecule has 5 heteroatoms. The van der Waals surface area contributed by atoms with Gasteiger partial charge in [-0.2, -0.15) is 0 Å². The topological polar surface area (TPSA) is 73.6 Å². The minimum absolute atomic E-state index is 0.197. The van der Waals surface area contributed by atoms with Crippen LogP contribution in [0.25, 0.3) is 0 Å². The van der Waals surface area contributed by atoms with Gasteiger partial charge in [0, 0.05) is 18.4 Å². The average molecular weight is 280 g/mol. The summed E-state index contributed by atoms with van der Waals surface area (Å²) in [6.07, 6.45) is 0.430. The van der Waals surface area contributed by atoms with Crippen LogP contribution in [0, 0.1) is 5.92 Å². The Morgan fingerprint density at radius 2 is 2.05 bits per heavy atom. The van der Waals surface area contributed by atoms with Gasteiger partial charge in [-0.3, -0.25) is 4.79 Å². The molecule has 0 aliphatic heterocycles. The molecule has 1 amide bonds. The summed E-state index contributed by atoms with van der Waals surface area (Å²) in [5, 5.41) is 2.78. The van der Waals surface area contributed by atoms with Crippen molar-refractivity contribution in [2.75, 3.05) is 24.8 Å². The zero-order valence-corrected chi connectivity index (χ0v) is 12.6. The molecule has 0 radical (unpaired) electrons. The number of carbonyl (C=O) groups is 1. The van der Waals surface area contributed by atoms with Gasteiger partial charge in [0.05, 0.1) is 12.8 Å². The molecule has 0 aliphatic carbocycles. The van der Waals surface area contributed by atoms with Crippen molar-refractivity contribution in [3.05, 3.63) is 18.2 Å². The molecule has 0 saturated heterocycles. The zero-order valence-electron chi connectivity index (χ0n) is 12.6. The lowest BCUT2D eigenvalue weighted by Crippen LogP contribution is -2.28. The second kappa shape index (κ2) is 7.75. The number of anilines is 2. The Morgan fingerprint density at radius 3 is 2.65 bits per heavy atom. The first-order valence-corrected chi connectivity index (χ1v) is 6.80. The molecule has 1 aromatic rings. The molecular formula is C15H24N2O3. The van der Waals surface area contributed by atoms with Crippen LogP contribution >= 0.6 is 0 Å². The molecule has 1 atom stereocenters. The van der Waals surface area contributed by atoms with Gasteiger partial charge in [0.1, 0.15) is 11.9 Å². The van der Waals surface area contributed by atoms with E-state index < -0.39 is 6.10 Å². The monoisotopic (exact) mass is 280 g/mol. The van der Waals surface area contributed by atoms with Gasteiger partial charge in [-0.25, -0.2) is 0 Å². The summed E-state index contributed by atoms with van der Waals surface area (Å²) < 4.78 is 10.7. The molecule has 1 aromatic carbocycles. The highest BCUT2D eigenvalue weighted by atomic mass is 16.5. The van der Waals surface area contributed by atoms with Crippen molar-refractivity contribution in [2.24, 2.45) is 5.92 Å². The maximum Gasteiger partial charge on any atom is 0.253 e. The maximum atomic E-state index is 12.0. The number of nitrogens with one attached hydrogen (secondary N) is 1. The molecule has 20 heavy (non-hydrogen) atoms. The number of nitrogen functional groups attached to an aromatic ring is 1. The molecule has 0 heterocycles. The molecule has 1 unspecified atom stereocenters. The molecule has 0 aliphatic rings. The Balaban J connectivity index is 2.57. The number of benzene rings is 1. The highest BCUT2D eigenvalue weighted by Crippen LogP contribution is 2.26. The van der Waals surface area contributed by atoms with Crippen LogP contribution in [0.1, 0.15) is 27.2 Å². The van der Waals surface area contributed by atoms with Crippen LogP contribution in [0.2, 0.25) is 0 Å². The fraction of sp³-hybridized carbons (Fsp3) is 0.533. The second-order valence-electron chi connectivity index (χ2n) is 5.14. The zero-order chi connectivity index (χ0) is 15.1. The lowest BCUT2D eigenvalue weighted by atomic mass is 10.1. The third kappa shape index (κ3) is 5.09. The number of ether oxygens (including phenoxy) is 2. The lowest BCUT2D eigenvalue weighted by molar-refractivity contribution is -0.126. The van der Waals surface area contributed by atoms with E-state index in [1.165, 1.54) is 7.11 Å². The van der Waals surface area contributed by atoms with Crippen molar-refractivity contribution in [3.8, 4) is 5.75 Å². The van der Waals surface area contributed by atoms with Crippen molar-refractivity contribution < 1.29 is 14.3 Å². The maximum absolute atomic E-state index is 12.0. The third-order valence-electron chi connectivity index (χ3n) is 2.92. The van der Waals surface area contributed by atoms with E-state index in [2.05, 4.69) is 19.2 Å². The first-order valence-electron chi connectivity index (χ1n) is 6.80. The van der Waals surface area contributed by atoms with E-state index >= 15 is 0 Å². The van der Waals surface area contributed by atoms with Crippen LogP contribution in [-0.2, 0) is 9.53 Å². The van der Waals surface area contributed by atoms with Crippen LogP contribution in [0.3, 0.4) is 0 Å². The Labute approximate surface area is 120 Å². The van der Waals surface area contributed by atoms with Crippen molar-refractivity contribution in [1.29, 1.82) is 0 Å². The van der Waals surface area contributed by atoms with Gasteiger partial charge in [-0.05, 0) is 31.4 Å². The number of amides is 1. The second-order valence-corrected chi connectivity index (χ2v) is 5.14. The first kappa shape index (κ1) is 16.3. The minimum atomic E-state index is -0.504. The molecule has 0 saturated carbocycles. The van der Waals surface area contributed by atoms with Gasteiger partial charge in [0.25, 0.3) is 5.91 Å². The SMILES string of the molecule is COc1cc(N)ccc1NC(=O)C(C)OCCC(C)C. The van der Waals surface area contributed by atoms with E-state index in [1.54, 1.807) is 25.1 Å². The first-order chi connectivity index (χ1) is 9.43. The van der Waals surface area contributed by atoms with Crippen LogP contribution in [0.4, 0.5) is 11.4 Å². The predicted molar refractivity (Wildman–Crippen MR) is 80.9 cm³/mol. The summed E-state index contributed by atoms with van der Waals surface area (Å²) in [5.41, 5.74) is 6.84. The van der Waals surface area contributed by atoms with Crippen molar-refractivity contribution >= 4 is 17.3 Å². The molecular weight excluding hydrogens is 256 g/mol. The average Bonchev–Trinajstić information content (AvgIpc) is 2.40. The van der Waals surface area contributed by atoms with Gasteiger partial charge in [0.2, 0.25) is 0 Å². The molecule has 0 spiro atoms. The van der Waals surface area contributed by atoms with Crippen molar-refractivity contribution in [2.45, 2.75) is 33.3 Å². The van der Waals surface area contributed by atoms with E-state index in [0.29, 0.717) is 29.6 Å². The molecule has 3 N–H and O–H groups in total. The summed E-state index contributed by atoms with van der Waals surface area (Å²) in [5.74, 6) is 0.895. The molecule has 1 rings (SSSR count). The summed E-state index contributed by atoms with van der Waals surface area (Å²) in [6.45, 7) is 6.55. The van der Waals surface area contributed by atoms with Crippen molar-refractivity contribution in [1.82, 2.24) is 0 Å². The van der Waals surface area contributed by atoms with Crippen LogP contribution < -0.4 is 15.8 Å². The number of nitrogens with two attached hydrogens (primary N) is 1. The van der Waals surface area contributed by atoms with Crippen molar-refractivity contribution in [3.63, 3.8) is 0 Å². The van der Waals surface area contributed by atoms with E-state index in [-0.39, 0.29) is 5.91 Å². The Hall–Kier alpha value is -1.75. The summed E-state index contributed by atoms with van der Waals surface area (Å²) in [4.78, 5) is 12.0. The van der Waals surface area contributed by atoms with Gasteiger partial charge in [-0.1, -0.05) is 13.8 Å². The van der Waals surface area contributed by atoms with Gasteiger partial charge < -0.3 is 20.5 Å². The van der Waals surface area contributed by atoms with Gasteiger partial charge >= 0.3 is 0 Å². The Kier molecular flexibility index (Phi) is 6.31. The Bertz CT molecular complexity index is 447. The number of rotatable bonds is 7. The molecule has 0 fully saturated rings. The van der Waals surface area contributed by atoms with E-state index in [1.807, 2.05) is 0 Å². The highest BCUT2D eigenvalue weighted by Gasteiger charge is 2.15. The van der Waals surface area contributed by atoms with Gasteiger partial charge in [0.15, 0.2) is 0 Å². The number of carbonyl (C=O) groups excluding carboxylic acids is 1. The number of methoxy groups -OCH3 is 1. The lowest BCUT2D eigenvalue weighted by Gasteiger charge is -2.16. The summed E-state index contributed by atoms with van der Waals surface area (Å²) in [6, 6.07) is 5.09. The summed E-state index contributed by atoms with van der Waals surface area (Å²) >= 11 is 0. The number of hydrogen-bond donors (Lipinski definition) is 2. The standard InChI is InChI=1S/C15H24N2O3/c1-10(2)7-8-20-11(3)15(18)17-13-6-5-12(16)9-14(13)19-4/h5-6,9-11H,7-8,16H2,1-4H3,(H,17,18). The van der Waals surface area contributed by atoms with Gasteiger partial charge in [-0.15, -0.1) is 0 Å². The quantitative estimate of drug-likeness (QED) is 0.753. The number of hydrogen-bond acceptors (Lipinski definition) is 4. The molecule has 0 aromatic heterocycles. The van der Waals surface area contributed by atoms with Crippen LogP contribution in [0.5, 0.6) is 5.75 Å². The van der Waals surface area contributed by atoms with Crippen LogP contribution in [0.15, 0.2) is 18.2 Å².